The van der Waals surface area contributed by atoms with Gasteiger partial charge in [0.15, 0.2) is 0 Å². The van der Waals surface area contributed by atoms with E-state index in [1.54, 1.807) is 56.5 Å². The van der Waals surface area contributed by atoms with Gasteiger partial charge < -0.3 is 19.5 Å². The molecule has 8 nitrogen and oxygen atoms in total. The molecule has 0 radical (unpaired) electrons. The highest BCUT2D eigenvalue weighted by Gasteiger charge is 2.31. The van der Waals surface area contributed by atoms with Gasteiger partial charge in [0, 0.05) is 5.56 Å². The zero-order valence-electron chi connectivity index (χ0n) is 21.1. The predicted octanol–water partition coefficient (Wildman–Crippen LogP) is 4.48. The van der Waals surface area contributed by atoms with E-state index in [2.05, 4.69) is 5.32 Å². The molecule has 192 valence electrons. The molecule has 36 heavy (non-hydrogen) atoms. The van der Waals surface area contributed by atoms with Crippen LogP contribution in [0.5, 0.6) is 17.2 Å². The number of sulfonamides is 1. The quantitative estimate of drug-likeness (QED) is 0.407. The molecule has 0 saturated heterocycles. The summed E-state index contributed by atoms with van der Waals surface area (Å²) >= 11 is 0. The molecule has 0 aliphatic carbocycles. The fourth-order valence-electron chi connectivity index (χ4n) is 3.81. The first kappa shape index (κ1) is 26.9. The summed E-state index contributed by atoms with van der Waals surface area (Å²) in [5.41, 5.74) is 1.85. The number of carbonyl (C=O) groups excluding carboxylic acids is 1. The second-order valence-electron chi connectivity index (χ2n) is 8.12. The van der Waals surface area contributed by atoms with E-state index in [1.165, 1.54) is 13.2 Å². The lowest BCUT2D eigenvalue weighted by molar-refractivity contribution is -0.120. The largest absolute Gasteiger partial charge is 0.496 e. The number of nitrogens with zero attached hydrogens (tertiary/aromatic N) is 1. The van der Waals surface area contributed by atoms with Crippen molar-refractivity contribution in [2.45, 2.75) is 31.7 Å². The van der Waals surface area contributed by atoms with Crippen LogP contribution in [0.15, 0.2) is 71.6 Å². The standard InChI is InChI=1S/C27H32N2O6S/c1-6-35-22-14-12-21(13-15-22)29(36(31,32)26-17-19(2)11-16-25(26)34-5)18-27(30)28-20(3)23-9-7-8-10-24(23)33-4/h7-17,20H,6,18H2,1-5H3,(H,28,30)/t20-/m0/s1. The third-order valence-corrected chi connectivity index (χ3v) is 7.39. The Morgan fingerprint density at radius 1 is 0.972 bits per heavy atom. The maximum absolute atomic E-state index is 13.9. The first-order chi connectivity index (χ1) is 17.2. The Labute approximate surface area is 212 Å². The van der Waals surface area contributed by atoms with Gasteiger partial charge >= 0.3 is 0 Å². The van der Waals surface area contributed by atoms with Gasteiger partial charge in [-0.15, -0.1) is 0 Å². The Hall–Kier alpha value is -3.72. The molecule has 0 unspecified atom stereocenters. The second-order valence-corrected chi connectivity index (χ2v) is 9.95. The van der Waals surface area contributed by atoms with Crippen LogP contribution in [-0.2, 0) is 14.8 Å². The number of amides is 1. The van der Waals surface area contributed by atoms with Crippen LogP contribution in [0.25, 0.3) is 0 Å². The molecule has 0 saturated carbocycles. The molecule has 0 aliphatic rings. The second kappa shape index (κ2) is 11.8. The monoisotopic (exact) mass is 512 g/mol. The van der Waals surface area contributed by atoms with Gasteiger partial charge in [0.2, 0.25) is 5.91 Å². The summed E-state index contributed by atoms with van der Waals surface area (Å²) in [4.78, 5) is 13.1. The minimum absolute atomic E-state index is 0.0236. The Morgan fingerprint density at radius 3 is 2.28 bits per heavy atom. The summed E-state index contributed by atoms with van der Waals surface area (Å²) in [5.74, 6) is 0.948. The lowest BCUT2D eigenvalue weighted by Crippen LogP contribution is -2.41. The van der Waals surface area contributed by atoms with E-state index in [0.717, 1.165) is 15.4 Å². The number of rotatable bonds is 11. The first-order valence-electron chi connectivity index (χ1n) is 11.5. The van der Waals surface area contributed by atoms with Crippen molar-refractivity contribution in [2.75, 3.05) is 31.7 Å². The number of anilines is 1. The smallest absolute Gasteiger partial charge is 0.268 e. The van der Waals surface area contributed by atoms with Crippen molar-refractivity contribution in [2.24, 2.45) is 0 Å². The van der Waals surface area contributed by atoms with Crippen LogP contribution in [0.1, 0.15) is 31.0 Å². The van der Waals surface area contributed by atoms with Crippen molar-refractivity contribution in [1.29, 1.82) is 0 Å². The average molecular weight is 513 g/mol. The average Bonchev–Trinajstić information content (AvgIpc) is 2.87. The third-order valence-electron chi connectivity index (χ3n) is 5.59. The van der Waals surface area contributed by atoms with Crippen LogP contribution in [0.3, 0.4) is 0 Å². The van der Waals surface area contributed by atoms with Crippen LogP contribution in [0.2, 0.25) is 0 Å². The third kappa shape index (κ3) is 6.09. The summed E-state index contributed by atoms with van der Waals surface area (Å²) in [5, 5.41) is 2.89. The van der Waals surface area contributed by atoms with Crippen molar-refractivity contribution in [3.63, 3.8) is 0 Å². The molecule has 1 N–H and O–H groups in total. The number of hydrogen-bond donors (Lipinski definition) is 1. The number of carbonyl (C=O) groups is 1. The van der Waals surface area contributed by atoms with Gasteiger partial charge in [-0.2, -0.15) is 0 Å². The number of hydrogen-bond acceptors (Lipinski definition) is 6. The number of benzene rings is 3. The molecule has 0 aromatic heterocycles. The summed E-state index contributed by atoms with van der Waals surface area (Å²) in [6, 6.07) is 18.4. The first-order valence-corrected chi connectivity index (χ1v) is 13.0. The Balaban J connectivity index is 1.97. The van der Waals surface area contributed by atoms with Crippen molar-refractivity contribution in [1.82, 2.24) is 5.32 Å². The number of para-hydroxylation sites is 1. The van der Waals surface area contributed by atoms with E-state index in [9.17, 15) is 13.2 Å². The van der Waals surface area contributed by atoms with Crippen molar-refractivity contribution >= 4 is 21.6 Å². The van der Waals surface area contributed by atoms with E-state index in [1.807, 2.05) is 32.0 Å². The normalized spacial score (nSPS) is 11.9. The molecule has 0 heterocycles. The SMILES string of the molecule is CCOc1ccc(N(CC(=O)N[C@@H](C)c2ccccc2OC)S(=O)(=O)c2cc(C)ccc2OC)cc1. The van der Waals surface area contributed by atoms with Crippen LogP contribution >= 0.6 is 0 Å². The van der Waals surface area contributed by atoms with Gasteiger partial charge in [-0.1, -0.05) is 24.3 Å². The summed E-state index contributed by atoms with van der Waals surface area (Å²) in [6.45, 7) is 5.51. The molecular weight excluding hydrogens is 480 g/mol. The number of ether oxygens (including phenoxy) is 3. The Morgan fingerprint density at radius 2 is 1.64 bits per heavy atom. The van der Waals surface area contributed by atoms with E-state index < -0.39 is 28.5 Å². The molecular formula is C27H32N2O6S. The molecule has 3 aromatic rings. The van der Waals surface area contributed by atoms with Gasteiger partial charge in [-0.3, -0.25) is 9.10 Å². The van der Waals surface area contributed by atoms with Gasteiger partial charge in [0.1, 0.15) is 28.7 Å². The van der Waals surface area contributed by atoms with E-state index in [4.69, 9.17) is 14.2 Å². The van der Waals surface area contributed by atoms with Crippen LogP contribution in [0, 0.1) is 6.92 Å². The Bertz CT molecular complexity index is 1290. The van der Waals surface area contributed by atoms with E-state index in [-0.39, 0.29) is 10.6 Å². The minimum Gasteiger partial charge on any atom is -0.496 e. The fourth-order valence-corrected chi connectivity index (χ4v) is 5.48. The highest BCUT2D eigenvalue weighted by molar-refractivity contribution is 7.93. The summed E-state index contributed by atoms with van der Waals surface area (Å²) < 4.78 is 45.1. The van der Waals surface area contributed by atoms with Crippen LogP contribution < -0.4 is 23.8 Å². The molecule has 0 fully saturated rings. The minimum atomic E-state index is -4.17. The molecule has 3 rings (SSSR count). The summed E-state index contributed by atoms with van der Waals surface area (Å²) in [7, 11) is -1.20. The maximum Gasteiger partial charge on any atom is 0.268 e. The van der Waals surface area contributed by atoms with Crippen LogP contribution in [0.4, 0.5) is 5.69 Å². The zero-order valence-corrected chi connectivity index (χ0v) is 22.0. The Kier molecular flexibility index (Phi) is 8.82. The van der Waals surface area contributed by atoms with E-state index >= 15 is 0 Å². The lowest BCUT2D eigenvalue weighted by Gasteiger charge is -2.26. The van der Waals surface area contributed by atoms with Gasteiger partial charge in [-0.25, -0.2) is 8.42 Å². The maximum atomic E-state index is 13.9. The van der Waals surface area contributed by atoms with Gasteiger partial charge in [0.05, 0.1) is 32.6 Å². The number of methoxy groups -OCH3 is 2. The number of aryl methyl sites for hydroxylation is 1. The molecule has 3 aromatic carbocycles. The van der Waals surface area contributed by atoms with Gasteiger partial charge in [-0.05, 0) is 68.8 Å². The molecule has 1 atom stereocenters. The summed E-state index contributed by atoms with van der Waals surface area (Å²) in [6.07, 6.45) is 0. The van der Waals surface area contributed by atoms with Crippen LogP contribution in [-0.4, -0.2) is 41.7 Å². The molecule has 0 aliphatic heterocycles. The molecule has 0 bridgehead atoms. The zero-order chi connectivity index (χ0) is 26.3. The van der Waals surface area contributed by atoms with Gasteiger partial charge in [0.25, 0.3) is 10.0 Å². The van der Waals surface area contributed by atoms with Crippen molar-refractivity contribution in [3.8, 4) is 17.2 Å². The molecule has 1 amide bonds. The molecule has 9 heteroatoms. The molecule has 0 spiro atoms. The van der Waals surface area contributed by atoms with Crippen molar-refractivity contribution < 1.29 is 27.4 Å². The fraction of sp³-hybridized carbons (Fsp3) is 0.296. The highest BCUT2D eigenvalue weighted by Crippen LogP contribution is 2.32. The number of nitrogens with one attached hydrogen (secondary N) is 1. The topological polar surface area (TPSA) is 94.2 Å². The van der Waals surface area contributed by atoms with E-state index in [0.29, 0.717) is 23.8 Å². The van der Waals surface area contributed by atoms with Crippen molar-refractivity contribution in [3.05, 3.63) is 77.9 Å². The predicted molar refractivity (Wildman–Crippen MR) is 139 cm³/mol. The lowest BCUT2D eigenvalue weighted by atomic mass is 10.1. The highest BCUT2D eigenvalue weighted by atomic mass is 32.2.